The smallest absolute Gasteiger partial charge is 0.326 e. The van der Waals surface area contributed by atoms with Gasteiger partial charge in [-0.15, -0.1) is 0 Å². The van der Waals surface area contributed by atoms with Crippen LogP contribution in [-0.2, 0) is 35.2 Å². The molecule has 0 fully saturated rings. The number of amides is 5. The molecule has 16 nitrogen and oxygen atoms in total. The van der Waals surface area contributed by atoms with E-state index in [0.29, 0.717) is 5.69 Å². The third-order valence-electron chi connectivity index (χ3n) is 4.48. The van der Waals surface area contributed by atoms with Gasteiger partial charge in [-0.1, -0.05) is 0 Å². The Kier molecular flexibility index (Phi) is 11.1. The molecule has 1 rings (SSSR count). The Balaban J connectivity index is 2.82. The van der Waals surface area contributed by atoms with Crippen molar-refractivity contribution in [3.8, 4) is 0 Å². The molecule has 4 atom stereocenters. The van der Waals surface area contributed by atoms with E-state index in [9.17, 15) is 39.0 Å². The molecule has 188 valence electrons. The van der Waals surface area contributed by atoms with Gasteiger partial charge in [0.2, 0.25) is 29.5 Å². The first-order valence-electron chi connectivity index (χ1n) is 9.98. The lowest BCUT2D eigenvalue weighted by Gasteiger charge is -2.23. The number of aromatic amines is 1. The third-order valence-corrected chi connectivity index (χ3v) is 4.48. The molecular weight excluding hydrogens is 456 g/mol. The van der Waals surface area contributed by atoms with Gasteiger partial charge in [0.15, 0.2) is 0 Å². The summed E-state index contributed by atoms with van der Waals surface area (Å²) in [5.74, 6) is -6.23. The van der Waals surface area contributed by atoms with E-state index in [-0.39, 0.29) is 19.3 Å². The maximum absolute atomic E-state index is 12.5. The second kappa shape index (κ2) is 13.5. The van der Waals surface area contributed by atoms with E-state index in [1.54, 1.807) is 0 Å². The normalized spacial score (nSPS) is 14.2. The van der Waals surface area contributed by atoms with Gasteiger partial charge < -0.3 is 48.3 Å². The molecule has 16 heteroatoms. The van der Waals surface area contributed by atoms with Crippen LogP contribution in [0.25, 0.3) is 0 Å². The summed E-state index contributed by atoms with van der Waals surface area (Å²) in [6, 6.07) is -5.83. The lowest BCUT2D eigenvalue weighted by Crippen LogP contribution is -2.58. The van der Waals surface area contributed by atoms with Gasteiger partial charge in [0.25, 0.3) is 0 Å². The summed E-state index contributed by atoms with van der Waals surface area (Å²) >= 11 is 0. The molecule has 0 aliphatic heterocycles. The van der Waals surface area contributed by atoms with Gasteiger partial charge in [0, 0.05) is 24.7 Å². The number of H-pyrrole nitrogens is 1. The van der Waals surface area contributed by atoms with Gasteiger partial charge in [-0.2, -0.15) is 0 Å². The Morgan fingerprint density at radius 2 is 1.53 bits per heavy atom. The zero-order valence-electron chi connectivity index (χ0n) is 18.0. The van der Waals surface area contributed by atoms with Gasteiger partial charge in [0.05, 0.1) is 25.4 Å². The summed E-state index contributed by atoms with van der Waals surface area (Å²) < 4.78 is 0. The van der Waals surface area contributed by atoms with Crippen molar-refractivity contribution in [2.75, 3.05) is 6.61 Å². The first-order valence-corrected chi connectivity index (χ1v) is 9.98. The van der Waals surface area contributed by atoms with Gasteiger partial charge >= 0.3 is 5.97 Å². The number of nitrogens with two attached hydrogens (primary N) is 3. The van der Waals surface area contributed by atoms with E-state index < -0.39 is 72.7 Å². The average Bonchev–Trinajstić information content (AvgIpc) is 3.26. The van der Waals surface area contributed by atoms with Crippen LogP contribution in [0.5, 0.6) is 0 Å². The van der Waals surface area contributed by atoms with Crippen molar-refractivity contribution in [1.29, 1.82) is 0 Å². The molecule has 5 amide bonds. The van der Waals surface area contributed by atoms with Crippen molar-refractivity contribution < 1.29 is 39.0 Å². The predicted molar refractivity (Wildman–Crippen MR) is 113 cm³/mol. The van der Waals surface area contributed by atoms with E-state index in [4.69, 9.17) is 17.2 Å². The van der Waals surface area contributed by atoms with Crippen LogP contribution in [0, 0.1) is 0 Å². The first kappa shape index (κ1) is 28.0. The highest BCUT2D eigenvalue weighted by Gasteiger charge is 2.31. The van der Waals surface area contributed by atoms with Crippen LogP contribution < -0.4 is 33.2 Å². The monoisotopic (exact) mass is 484 g/mol. The highest BCUT2D eigenvalue weighted by atomic mass is 16.4. The first-order chi connectivity index (χ1) is 15.9. The number of aromatic nitrogens is 2. The third kappa shape index (κ3) is 9.61. The summed E-state index contributed by atoms with van der Waals surface area (Å²) in [5.41, 5.74) is 16.4. The van der Waals surface area contributed by atoms with E-state index in [2.05, 4.69) is 25.9 Å². The van der Waals surface area contributed by atoms with E-state index in [1.165, 1.54) is 12.5 Å². The van der Waals surface area contributed by atoms with Gasteiger partial charge in [-0.25, -0.2) is 9.78 Å². The summed E-state index contributed by atoms with van der Waals surface area (Å²) in [5, 5.41) is 25.1. The van der Waals surface area contributed by atoms with Crippen LogP contribution in [0.15, 0.2) is 12.5 Å². The van der Waals surface area contributed by atoms with Crippen molar-refractivity contribution in [2.45, 2.75) is 49.9 Å². The number of aliphatic hydroxyl groups excluding tert-OH is 1. The minimum Gasteiger partial charge on any atom is -0.480 e. The Bertz CT molecular complexity index is 891. The Hall–Kier alpha value is -4.05. The van der Waals surface area contributed by atoms with E-state index in [0.717, 1.165) is 0 Å². The largest absolute Gasteiger partial charge is 0.480 e. The maximum Gasteiger partial charge on any atom is 0.326 e. The van der Waals surface area contributed by atoms with Crippen LogP contribution in [0.2, 0.25) is 0 Å². The van der Waals surface area contributed by atoms with Crippen LogP contribution in [0.4, 0.5) is 0 Å². The number of rotatable bonds is 15. The summed E-state index contributed by atoms with van der Waals surface area (Å²) in [6.45, 7) is -0.879. The number of carboxylic acid groups (broad SMARTS) is 1. The van der Waals surface area contributed by atoms with Gasteiger partial charge in [-0.3, -0.25) is 24.0 Å². The molecular formula is C18H28N8O8. The number of aliphatic carboxylic acids is 1. The lowest BCUT2D eigenvalue weighted by molar-refractivity contribution is -0.142. The topological polar surface area (TPSA) is 286 Å². The van der Waals surface area contributed by atoms with E-state index >= 15 is 0 Å². The van der Waals surface area contributed by atoms with E-state index in [1.807, 2.05) is 0 Å². The molecule has 0 radical (unpaired) electrons. The second-order valence-electron chi connectivity index (χ2n) is 7.27. The minimum absolute atomic E-state index is 0.0557. The van der Waals surface area contributed by atoms with Crippen LogP contribution >= 0.6 is 0 Å². The molecule has 0 saturated carbocycles. The molecule has 12 N–H and O–H groups in total. The fourth-order valence-electron chi connectivity index (χ4n) is 2.70. The molecule has 1 aromatic rings. The van der Waals surface area contributed by atoms with Gasteiger partial charge in [0.1, 0.15) is 18.1 Å². The molecule has 0 spiro atoms. The molecule has 1 heterocycles. The number of primary amides is 2. The fraction of sp³-hybridized carbons (Fsp3) is 0.500. The number of nitrogens with one attached hydrogen (secondary N) is 4. The standard InChI is InChI=1S/C18H28N8O8/c19-9(3-8-5-22-7-23-8)15(30)26-12(6-27)17(32)25-11(4-14(21)29)16(31)24-10(18(33)34)1-2-13(20)28/h5,7,9-12,27H,1-4,6,19H2,(H2,20,28)(H2,21,29)(H,22,23)(H,24,31)(H,25,32)(H,26,30)(H,33,34). The second-order valence-corrected chi connectivity index (χ2v) is 7.27. The number of carbonyl (C=O) groups excluding carboxylic acids is 5. The van der Waals surface area contributed by atoms with Crippen LogP contribution in [-0.4, -0.2) is 86.5 Å². The molecule has 0 aliphatic carbocycles. The maximum atomic E-state index is 12.5. The number of aliphatic hydroxyl groups is 1. The molecule has 1 aromatic heterocycles. The van der Waals surface area contributed by atoms with Crippen molar-refractivity contribution in [3.05, 3.63) is 18.2 Å². The van der Waals surface area contributed by atoms with Gasteiger partial charge in [-0.05, 0) is 6.42 Å². The average molecular weight is 484 g/mol. The number of hydrogen-bond donors (Lipinski definition) is 9. The highest BCUT2D eigenvalue weighted by molar-refractivity contribution is 5.96. The number of hydrogen-bond acceptors (Lipinski definition) is 9. The fourth-order valence-corrected chi connectivity index (χ4v) is 2.70. The van der Waals surface area contributed by atoms with Crippen molar-refractivity contribution in [2.24, 2.45) is 17.2 Å². The Morgan fingerprint density at radius 3 is 2.03 bits per heavy atom. The van der Waals surface area contributed by atoms with Crippen molar-refractivity contribution in [3.63, 3.8) is 0 Å². The number of carbonyl (C=O) groups is 6. The van der Waals surface area contributed by atoms with Crippen LogP contribution in [0.1, 0.15) is 25.0 Å². The summed E-state index contributed by atoms with van der Waals surface area (Å²) in [4.78, 5) is 77.4. The zero-order valence-corrected chi connectivity index (χ0v) is 18.0. The van der Waals surface area contributed by atoms with Crippen LogP contribution in [0.3, 0.4) is 0 Å². The van der Waals surface area contributed by atoms with Crippen molar-refractivity contribution >= 4 is 35.5 Å². The highest BCUT2D eigenvalue weighted by Crippen LogP contribution is 2.02. The van der Waals surface area contributed by atoms with Crippen molar-refractivity contribution in [1.82, 2.24) is 25.9 Å². The lowest BCUT2D eigenvalue weighted by atomic mass is 10.1. The zero-order chi connectivity index (χ0) is 25.8. The number of imidazole rings is 1. The molecule has 0 aromatic carbocycles. The quantitative estimate of drug-likeness (QED) is 0.114. The molecule has 0 aliphatic rings. The predicted octanol–water partition coefficient (Wildman–Crippen LogP) is -5.05. The Morgan fingerprint density at radius 1 is 0.941 bits per heavy atom. The minimum atomic E-state index is -1.63. The molecule has 4 unspecified atom stereocenters. The number of nitrogens with zero attached hydrogens (tertiary/aromatic N) is 1. The Labute approximate surface area is 193 Å². The number of carboxylic acids is 1. The molecule has 34 heavy (non-hydrogen) atoms. The molecule has 0 bridgehead atoms. The SMILES string of the molecule is NC(=O)CCC(NC(=O)C(CC(N)=O)NC(=O)C(CO)NC(=O)C(N)Cc1cnc[nH]1)C(=O)O. The summed E-state index contributed by atoms with van der Waals surface area (Å²) in [7, 11) is 0. The summed E-state index contributed by atoms with van der Waals surface area (Å²) in [6.07, 6.45) is 1.49. The molecule has 0 saturated heterocycles.